The highest BCUT2D eigenvalue weighted by Gasteiger charge is 2.28. The molecule has 0 aromatic carbocycles. The first-order valence-corrected chi connectivity index (χ1v) is 8.67. The van der Waals surface area contributed by atoms with Gasteiger partial charge >= 0.3 is 0 Å². The van der Waals surface area contributed by atoms with Crippen LogP contribution in [0.25, 0.3) is 0 Å². The molecule has 3 atom stereocenters. The van der Waals surface area contributed by atoms with Gasteiger partial charge in [0, 0.05) is 0 Å². The van der Waals surface area contributed by atoms with E-state index >= 15 is 0 Å². The average Bonchev–Trinajstić information content (AvgIpc) is 2.51. The highest BCUT2D eigenvalue weighted by Crippen LogP contribution is 2.06. The van der Waals surface area contributed by atoms with E-state index in [0.717, 1.165) is 19.4 Å². The number of amides is 2. The SMILES string of the molecule is CNCCCCC(NC)C(=O)NC(C(=O)NC(C)C(C)=O)C(C)C. The number of carbonyl (C=O) groups is 3. The molecule has 0 heterocycles. The minimum atomic E-state index is -0.660. The third-order valence-corrected chi connectivity index (χ3v) is 4.05. The lowest BCUT2D eigenvalue weighted by Gasteiger charge is -2.25. The standard InChI is InChI=1S/C17H34N4O3/c1-11(2)15(17(24)20-12(3)13(4)22)21-16(23)14(19-6)9-7-8-10-18-5/h11-12,14-15,18-19H,7-10H2,1-6H3,(H,20,24)(H,21,23). The number of unbranched alkanes of at least 4 members (excludes halogenated alkanes) is 1. The molecule has 0 aliphatic carbocycles. The van der Waals surface area contributed by atoms with Gasteiger partial charge in [-0.15, -0.1) is 0 Å². The molecule has 0 aliphatic heterocycles. The molecule has 0 fully saturated rings. The second-order valence-corrected chi connectivity index (χ2v) is 6.51. The summed E-state index contributed by atoms with van der Waals surface area (Å²) in [5.41, 5.74) is 0. The second-order valence-electron chi connectivity index (χ2n) is 6.51. The Morgan fingerprint density at radius 2 is 1.54 bits per heavy atom. The molecule has 0 radical (unpaired) electrons. The van der Waals surface area contributed by atoms with Crippen molar-refractivity contribution in [1.29, 1.82) is 0 Å². The second kappa shape index (κ2) is 12.0. The smallest absolute Gasteiger partial charge is 0.243 e. The summed E-state index contributed by atoms with van der Waals surface area (Å²) in [6.07, 6.45) is 2.62. The van der Waals surface area contributed by atoms with Crippen LogP contribution in [0, 0.1) is 5.92 Å². The predicted molar refractivity (Wildman–Crippen MR) is 95.7 cm³/mol. The molecule has 0 aliphatic rings. The molecular weight excluding hydrogens is 308 g/mol. The molecule has 3 unspecified atom stereocenters. The van der Waals surface area contributed by atoms with Crippen molar-refractivity contribution in [3.63, 3.8) is 0 Å². The zero-order chi connectivity index (χ0) is 18.7. The van der Waals surface area contributed by atoms with E-state index in [4.69, 9.17) is 0 Å². The van der Waals surface area contributed by atoms with E-state index in [1.165, 1.54) is 6.92 Å². The van der Waals surface area contributed by atoms with Gasteiger partial charge in [0.05, 0.1) is 12.1 Å². The number of hydrogen-bond donors (Lipinski definition) is 4. The molecule has 0 saturated heterocycles. The van der Waals surface area contributed by atoms with Gasteiger partial charge in [0.15, 0.2) is 5.78 Å². The molecule has 0 rings (SSSR count). The summed E-state index contributed by atoms with van der Waals surface area (Å²) >= 11 is 0. The molecule has 0 aromatic rings. The third-order valence-electron chi connectivity index (χ3n) is 4.05. The van der Waals surface area contributed by atoms with Crippen molar-refractivity contribution in [3.05, 3.63) is 0 Å². The third kappa shape index (κ3) is 8.40. The van der Waals surface area contributed by atoms with Gasteiger partial charge in [-0.3, -0.25) is 14.4 Å². The van der Waals surface area contributed by atoms with Crippen molar-refractivity contribution < 1.29 is 14.4 Å². The van der Waals surface area contributed by atoms with E-state index in [2.05, 4.69) is 21.3 Å². The van der Waals surface area contributed by atoms with Crippen LogP contribution in [0.15, 0.2) is 0 Å². The molecule has 2 amide bonds. The van der Waals surface area contributed by atoms with Gasteiger partial charge in [0.25, 0.3) is 0 Å². The van der Waals surface area contributed by atoms with Gasteiger partial charge in [-0.25, -0.2) is 0 Å². The molecule has 0 bridgehead atoms. The summed E-state index contributed by atoms with van der Waals surface area (Å²) in [5.74, 6) is -0.706. The molecule has 4 N–H and O–H groups in total. The maximum absolute atomic E-state index is 12.4. The fourth-order valence-electron chi connectivity index (χ4n) is 2.25. The number of rotatable bonds is 12. The molecule has 7 nitrogen and oxygen atoms in total. The first-order chi connectivity index (χ1) is 11.2. The van der Waals surface area contributed by atoms with Crippen LogP contribution in [-0.2, 0) is 14.4 Å². The van der Waals surface area contributed by atoms with Gasteiger partial charge in [-0.05, 0) is 53.2 Å². The molecule has 0 aromatic heterocycles. The Labute approximate surface area is 145 Å². The number of carbonyl (C=O) groups excluding carboxylic acids is 3. The minimum absolute atomic E-state index is 0.0742. The topological polar surface area (TPSA) is 99.3 Å². The fourth-order valence-corrected chi connectivity index (χ4v) is 2.25. The maximum atomic E-state index is 12.4. The number of hydrogen-bond acceptors (Lipinski definition) is 5. The van der Waals surface area contributed by atoms with E-state index in [-0.39, 0.29) is 29.6 Å². The van der Waals surface area contributed by atoms with Gasteiger partial charge in [-0.2, -0.15) is 0 Å². The van der Waals surface area contributed by atoms with E-state index in [1.807, 2.05) is 20.9 Å². The molecule has 24 heavy (non-hydrogen) atoms. The van der Waals surface area contributed by atoms with Crippen molar-refractivity contribution in [2.75, 3.05) is 20.6 Å². The average molecular weight is 342 g/mol. The van der Waals surface area contributed by atoms with Gasteiger partial charge in [0.1, 0.15) is 6.04 Å². The van der Waals surface area contributed by atoms with Crippen molar-refractivity contribution in [3.8, 4) is 0 Å². The summed E-state index contributed by atoms with van der Waals surface area (Å²) in [5, 5.41) is 11.5. The number of likely N-dealkylation sites (N-methyl/N-ethyl adjacent to an activating group) is 1. The monoisotopic (exact) mass is 342 g/mol. The van der Waals surface area contributed by atoms with Crippen LogP contribution in [0.4, 0.5) is 0 Å². The van der Waals surface area contributed by atoms with E-state index < -0.39 is 12.1 Å². The minimum Gasteiger partial charge on any atom is -0.345 e. The largest absolute Gasteiger partial charge is 0.345 e. The van der Waals surface area contributed by atoms with Crippen LogP contribution in [-0.4, -0.2) is 56.4 Å². The van der Waals surface area contributed by atoms with E-state index in [1.54, 1.807) is 14.0 Å². The zero-order valence-corrected chi connectivity index (χ0v) is 15.9. The molecule has 7 heteroatoms. The summed E-state index contributed by atoms with van der Waals surface area (Å²) in [4.78, 5) is 36.1. The lowest BCUT2D eigenvalue weighted by Crippen LogP contribution is -2.56. The summed E-state index contributed by atoms with van der Waals surface area (Å²) in [7, 11) is 3.64. The Hall–Kier alpha value is -1.47. The van der Waals surface area contributed by atoms with Crippen LogP contribution < -0.4 is 21.3 Å². The van der Waals surface area contributed by atoms with Crippen LogP contribution in [0.2, 0.25) is 0 Å². The van der Waals surface area contributed by atoms with E-state index in [9.17, 15) is 14.4 Å². The van der Waals surface area contributed by atoms with Crippen molar-refractivity contribution in [2.24, 2.45) is 5.92 Å². The van der Waals surface area contributed by atoms with Gasteiger partial charge in [-0.1, -0.05) is 20.3 Å². The maximum Gasteiger partial charge on any atom is 0.243 e. The van der Waals surface area contributed by atoms with Gasteiger partial charge < -0.3 is 21.3 Å². The van der Waals surface area contributed by atoms with Crippen molar-refractivity contribution in [1.82, 2.24) is 21.3 Å². The van der Waals surface area contributed by atoms with Gasteiger partial charge in [0.2, 0.25) is 11.8 Å². The molecule has 0 spiro atoms. The Bertz CT molecular complexity index is 413. The first kappa shape index (κ1) is 22.5. The fraction of sp³-hybridized carbons (Fsp3) is 0.824. The number of nitrogens with one attached hydrogen (secondary N) is 4. The highest BCUT2D eigenvalue weighted by molar-refractivity contribution is 5.92. The molecular formula is C17H34N4O3. The Morgan fingerprint density at radius 3 is 2.00 bits per heavy atom. The summed E-state index contributed by atoms with van der Waals surface area (Å²) in [6, 6.07) is -1.55. The predicted octanol–water partition coefficient (Wildman–Crippen LogP) is 0.199. The zero-order valence-electron chi connectivity index (χ0n) is 15.9. The van der Waals surface area contributed by atoms with Crippen LogP contribution in [0.5, 0.6) is 0 Å². The van der Waals surface area contributed by atoms with Crippen molar-refractivity contribution >= 4 is 17.6 Å². The normalized spacial score (nSPS) is 14.8. The number of ketones is 1. The quantitative estimate of drug-likeness (QED) is 0.380. The molecule has 0 saturated carbocycles. The lowest BCUT2D eigenvalue weighted by molar-refractivity contribution is -0.132. The van der Waals surface area contributed by atoms with Crippen LogP contribution in [0.1, 0.15) is 47.0 Å². The number of Topliss-reactive ketones (excluding diaryl/α,β-unsaturated/α-hetero) is 1. The summed E-state index contributed by atoms with van der Waals surface area (Å²) in [6.45, 7) is 7.71. The highest BCUT2D eigenvalue weighted by atomic mass is 16.2. The Balaban J connectivity index is 4.69. The summed E-state index contributed by atoms with van der Waals surface area (Å²) < 4.78 is 0. The lowest BCUT2D eigenvalue weighted by atomic mass is 10.0. The Kier molecular flexibility index (Phi) is 11.2. The van der Waals surface area contributed by atoms with Crippen LogP contribution >= 0.6 is 0 Å². The van der Waals surface area contributed by atoms with Crippen molar-refractivity contribution in [2.45, 2.75) is 65.1 Å². The Morgan fingerprint density at radius 1 is 0.917 bits per heavy atom. The van der Waals surface area contributed by atoms with Crippen LogP contribution in [0.3, 0.4) is 0 Å². The van der Waals surface area contributed by atoms with E-state index in [0.29, 0.717) is 6.42 Å². The first-order valence-electron chi connectivity index (χ1n) is 8.67. The molecule has 140 valence electrons.